The maximum Gasteiger partial charge on any atom is 0.0473 e. The van der Waals surface area contributed by atoms with E-state index in [2.05, 4.69) is 52.4 Å². The molecule has 1 aromatic carbocycles. The number of nitrogens with one attached hydrogen (secondary N) is 1. The monoisotopic (exact) mass is 239 g/mol. The minimum absolute atomic E-state index is 0.236. The van der Waals surface area contributed by atoms with Gasteiger partial charge in [0.15, 0.2) is 0 Å². The van der Waals surface area contributed by atoms with Crippen molar-refractivity contribution in [3.05, 3.63) is 34.3 Å². The summed E-state index contributed by atoms with van der Waals surface area (Å²) in [5, 5.41) is 3.43. The Hall–Kier alpha value is -0.340. The average molecular weight is 240 g/mol. The zero-order valence-corrected chi connectivity index (χ0v) is 9.56. The van der Waals surface area contributed by atoms with E-state index in [-0.39, 0.29) is 5.54 Å². The van der Waals surface area contributed by atoms with E-state index >= 15 is 0 Å². The van der Waals surface area contributed by atoms with Gasteiger partial charge in [0.05, 0.1) is 0 Å². The van der Waals surface area contributed by atoms with Gasteiger partial charge in [0.1, 0.15) is 0 Å². The van der Waals surface area contributed by atoms with Gasteiger partial charge in [0.2, 0.25) is 0 Å². The lowest BCUT2D eigenvalue weighted by molar-refractivity contribution is 0.537. The molecule has 0 heterocycles. The Morgan fingerprint density at radius 2 is 2.08 bits per heavy atom. The van der Waals surface area contributed by atoms with E-state index in [1.54, 1.807) is 0 Å². The lowest BCUT2D eigenvalue weighted by Gasteiger charge is -2.17. The molecular weight excluding hydrogens is 226 g/mol. The van der Waals surface area contributed by atoms with Crippen molar-refractivity contribution in [2.75, 3.05) is 7.05 Å². The maximum atomic E-state index is 3.60. The van der Waals surface area contributed by atoms with Gasteiger partial charge in [0.25, 0.3) is 0 Å². The van der Waals surface area contributed by atoms with E-state index in [0.29, 0.717) is 0 Å². The lowest BCUT2D eigenvalue weighted by Crippen LogP contribution is -2.27. The topological polar surface area (TPSA) is 12.0 Å². The van der Waals surface area contributed by atoms with Crippen LogP contribution in [0.15, 0.2) is 28.7 Å². The van der Waals surface area contributed by atoms with Crippen LogP contribution in [0.3, 0.4) is 0 Å². The summed E-state index contributed by atoms with van der Waals surface area (Å²) in [6, 6.07) is 8.47. The normalized spacial score (nSPS) is 31.8. The zero-order chi connectivity index (χ0) is 9.47. The SMILES string of the molecule is CNC1(c2ccccc2Br)CC1C. The van der Waals surface area contributed by atoms with Crippen LogP contribution in [0.25, 0.3) is 0 Å². The summed E-state index contributed by atoms with van der Waals surface area (Å²) in [7, 11) is 2.04. The predicted octanol–water partition coefficient (Wildman–Crippen LogP) is 2.90. The predicted molar refractivity (Wildman–Crippen MR) is 58.7 cm³/mol. The summed E-state index contributed by atoms with van der Waals surface area (Å²) in [5.74, 6) is 0.746. The first-order valence-electron chi connectivity index (χ1n) is 4.64. The summed E-state index contributed by atoms with van der Waals surface area (Å²) < 4.78 is 1.22. The van der Waals surface area contributed by atoms with E-state index < -0.39 is 0 Å². The van der Waals surface area contributed by atoms with E-state index in [0.717, 1.165) is 5.92 Å². The molecule has 1 N–H and O–H groups in total. The Kier molecular flexibility index (Phi) is 2.20. The highest BCUT2D eigenvalue weighted by Crippen LogP contribution is 2.52. The second-order valence-corrected chi connectivity index (χ2v) is 4.66. The fraction of sp³-hybridized carbons (Fsp3) is 0.455. The number of rotatable bonds is 2. The molecule has 1 nitrogen and oxygen atoms in total. The first-order chi connectivity index (χ1) is 6.20. The molecule has 0 bridgehead atoms. The third kappa shape index (κ3) is 1.32. The minimum Gasteiger partial charge on any atom is -0.310 e. The molecule has 70 valence electrons. The van der Waals surface area contributed by atoms with Gasteiger partial charge in [-0.05, 0) is 31.0 Å². The van der Waals surface area contributed by atoms with E-state index in [4.69, 9.17) is 0 Å². The summed E-state index contributed by atoms with van der Waals surface area (Å²) in [4.78, 5) is 0. The molecule has 0 radical (unpaired) electrons. The molecule has 0 spiro atoms. The third-order valence-corrected chi connectivity index (χ3v) is 3.80. The van der Waals surface area contributed by atoms with Gasteiger partial charge in [0, 0.05) is 10.0 Å². The van der Waals surface area contributed by atoms with Gasteiger partial charge in [-0.1, -0.05) is 41.1 Å². The number of hydrogen-bond acceptors (Lipinski definition) is 1. The zero-order valence-electron chi connectivity index (χ0n) is 7.97. The van der Waals surface area contributed by atoms with Crippen LogP contribution in [0.1, 0.15) is 18.9 Å². The van der Waals surface area contributed by atoms with Crippen LogP contribution in [-0.2, 0) is 5.54 Å². The molecule has 2 rings (SSSR count). The molecule has 13 heavy (non-hydrogen) atoms. The molecule has 2 atom stereocenters. The summed E-state index contributed by atoms with van der Waals surface area (Å²) in [6.07, 6.45) is 1.24. The first kappa shape index (κ1) is 9.22. The fourth-order valence-electron chi connectivity index (χ4n) is 2.11. The van der Waals surface area contributed by atoms with Crippen molar-refractivity contribution in [1.29, 1.82) is 0 Å². The quantitative estimate of drug-likeness (QED) is 0.838. The summed E-state index contributed by atoms with van der Waals surface area (Å²) >= 11 is 3.60. The van der Waals surface area contributed by atoms with Crippen LogP contribution >= 0.6 is 15.9 Å². The second-order valence-electron chi connectivity index (χ2n) is 3.81. The Balaban J connectivity index is 2.41. The summed E-state index contributed by atoms with van der Waals surface area (Å²) in [6.45, 7) is 2.29. The van der Waals surface area contributed by atoms with Crippen LogP contribution in [0, 0.1) is 5.92 Å². The molecule has 0 saturated heterocycles. The van der Waals surface area contributed by atoms with Gasteiger partial charge in [-0.3, -0.25) is 0 Å². The van der Waals surface area contributed by atoms with Crippen molar-refractivity contribution in [2.45, 2.75) is 18.9 Å². The smallest absolute Gasteiger partial charge is 0.0473 e. The number of hydrogen-bond donors (Lipinski definition) is 1. The van der Waals surface area contributed by atoms with Crippen LogP contribution in [-0.4, -0.2) is 7.05 Å². The van der Waals surface area contributed by atoms with Crippen LogP contribution in [0.2, 0.25) is 0 Å². The first-order valence-corrected chi connectivity index (χ1v) is 5.44. The average Bonchev–Trinajstić information content (AvgIpc) is 2.79. The van der Waals surface area contributed by atoms with E-state index in [1.165, 1.54) is 16.5 Å². The van der Waals surface area contributed by atoms with Crippen molar-refractivity contribution < 1.29 is 0 Å². The number of halogens is 1. The molecule has 2 heteroatoms. The lowest BCUT2D eigenvalue weighted by atomic mass is 10.0. The Morgan fingerprint density at radius 3 is 2.54 bits per heavy atom. The third-order valence-electron chi connectivity index (χ3n) is 3.11. The van der Waals surface area contributed by atoms with Crippen LogP contribution in [0.4, 0.5) is 0 Å². The van der Waals surface area contributed by atoms with Gasteiger partial charge in [-0.2, -0.15) is 0 Å². The molecule has 0 amide bonds. The van der Waals surface area contributed by atoms with Crippen molar-refractivity contribution >= 4 is 15.9 Å². The van der Waals surface area contributed by atoms with Gasteiger partial charge in [-0.25, -0.2) is 0 Å². The second kappa shape index (κ2) is 3.10. The highest BCUT2D eigenvalue weighted by atomic mass is 79.9. The highest BCUT2D eigenvalue weighted by Gasteiger charge is 2.51. The molecule has 1 fully saturated rings. The van der Waals surface area contributed by atoms with Gasteiger partial charge in [-0.15, -0.1) is 0 Å². The number of benzene rings is 1. The molecule has 1 saturated carbocycles. The van der Waals surface area contributed by atoms with E-state index in [1.807, 2.05) is 7.05 Å². The molecule has 1 aromatic rings. The largest absolute Gasteiger partial charge is 0.310 e. The Labute approximate surface area is 87.7 Å². The minimum atomic E-state index is 0.236. The molecule has 0 aliphatic heterocycles. The molecule has 1 aliphatic carbocycles. The van der Waals surface area contributed by atoms with E-state index in [9.17, 15) is 0 Å². The van der Waals surface area contributed by atoms with Gasteiger partial charge < -0.3 is 5.32 Å². The Morgan fingerprint density at radius 1 is 1.46 bits per heavy atom. The standard InChI is InChI=1S/C11H14BrN/c1-8-7-11(8,13-2)9-5-3-4-6-10(9)12/h3-6,8,13H,7H2,1-2H3. The van der Waals surface area contributed by atoms with Crippen molar-refractivity contribution in [1.82, 2.24) is 5.32 Å². The molecule has 1 aliphatic rings. The van der Waals surface area contributed by atoms with Crippen molar-refractivity contribution in [3.8, 4) is 0 Å². The molecular formula is C11H14BrN. The van der Waals surface area contributed by atoms with Crippen LogP contribution < -0.4 is 5.32 Å². The van der Waals surface area contributed by atoms with Crippen LogP contribution in [0.5, 0.6) is 0 Å². The van der Waals surface area contributed by atoms with Gasteiger partial charge >= 0.3 is 0 Å². The molecule has 0 aromatic heterocycles. The Bertz CT molecular complexity index is 320. The highest BCUT2D eigenvalue weighted by molar-refractivity contribution is 9.10. The van der Waals surface area contributed by atoms with Crippen molar-refractivity contribution in [2.24, 2.45) is 5.92 Å². The maximum absolute atomic E-state index is 3.60. The molecule has 2 unspecified atom stereocenters. The van der Waals surface area contributed by atoms with Crippen molar-refractivity contribution in [3.63, 3.8) is 0 Å². The fourth-order valence-corrected chi connectivity index (χ4v) is 2.74. The summed E-state index contributed by atoms with van der Waals surface area (Å²) in [5.41, 5.74) is 1.63.